The number of piperidine rings is 1. The lowest BCUT2D eigenvalue weighted by Crippen LogP contribution is -2.46. The number of carbonyl (C=O) groups is 2. The lowest BCUT2D eigenvalue weighted by atomic mass is 10.1. The van der Waals surface area contributed by atoms with Gasteiger partial charge in [-0.25, -0.2) is 0 Å². The van der Waals surface area contributed by atoms with E-state index in [-0.39, 0.29) is 24.2 Å². The van der Waals surface area contributed by atoms with Crippen molar-refractivity contribution in [1.82, 2.24) is 15.5 Å². The molecule has 1 aromatic carbocycles. The summed E-state index contributed by atoms with van der Waals surface area (Å²) in [6.07, 6.45) is 4.39. The molecule has 1 aliphatic heterocycles. The van der Waals surface area contributed by atoms with E-state index in [1.54, 1.807) is 18.2 Å². The molecule has 0 aromatic heterocycles. The molecule has 1 unspecified atom stereocenters. The number of halogens is 1. The van der Waals surface area contributed by atoms with Crippen LogP contribution in [-0.2, 0) is 4.79 Å². The lowest BCUT2D eigenvalue weighted by Gasteiger charge is -2.31. The second kappa shape index (κ2) is 9.17. The first-order valence-corrected chi connectivity index (χ1v) is 8.74. The highest BCUT2D eigenvalue weighted by molar-refractivity contribution is 5.97. The predicted octanol–water partition coefficient (Wildman–Crippen LogP) is 1.62. The first-order chi connectivity index (χ1) is 11.6. The predicted molar refractivity (Wildman–Crippen MR) is 101 cm³/mol. The maximum atomic E-state index is 12.3. The number of hydrogen-bond acceptors (Lipinski definition) is 4. The highest BCUT2D eigenvalue weighted by Gasteiger charge is 2.24. The number of anilines is 1. The zero-order valence-corrected chi connectivity index (χ0v) is 15.4. The Labute approximate surface area is 155 Å². The van der Waals surface area contributed by atoms with Gasteiger partial charge in [0.1, 0.15) is 0 Å². The molecular formula is C18H27ClN4O2. The van der Waals surface area contributed by atoms with Crippen molar-refractivity contribution in [3.05, 3.63) is 29.8 Å². The molecule has 3 rings (SSSR count). The Kier molecular flexibility index (Phi) is 7.23. The Morgan fingerprint density at radius 1 is 1.20 bits per heavy atom. The highest BCUT2D eigenvalue weighted by atomic mass is 35.5. The molecule has 1 saturated heterocycles. The fourth-order valence-corrected chi connectivity index (χ4v) is 3.07. The fraction of sp³-hybridized carbons (Fsp3) is 0.556. The van der Waals surface area contributed by atoms with Crippen LogP contribution in [0.15, 0.2) is 24.3 Å². The Morgan fingerprint density at radius 3 is 2.72 bits per heavy atom. The van der Waals surface area contributed by atoms with E-state index in [0.29, 0.717) is 29.9 Å². The maximum absolute atomic E-state index is 12.3. The van der Waals surface area contributed by atoms with Gasteiger partial charge in [-0.05, 0) is 57.5 Å². The second-order valence-electron chi connectivity index (χ2n) is 6.74. The summed E-state index contributed by atoms with van der Waals surface area (Å²) in [6, 6.07) is 7.92. The van der Waals surface area contributed by atoms with Crippen molar-refractivity contribution in [3.63, 3.8) is 0 Å². The molecule has 138 valence electrons. The summed E-state index contributed by atoms with van der Waals surface area (Å²) in [4.78, 5) is 26.5. The number of rotatable bonds is 6. The van der Waals surface area contributed by atoms with E-state index < -0.39 is 0 Å². The molecule has 2 fully saturated rings. The number of likely N-dealkylation sites (N-methyl/N-ethyl adjacent to an activating group) is 1. The first-order valence-electron chi connectivity index (χ1n) is 8.74. The summed E-state index contributed by atoms with van der Waals surface area (Å²) in [7, 11) is 1.96. The van der Waals surface area contributed by atoms with Crippen LogP contribution in [0, 0.1) is 0 Å². The van der Waals surface area contributed by atoms with Gasteiger partial charge in [-0.1, -0.05) is 6.07 Å². The lowest BCUT2D eigenvalue weighted by molar-refractivity contribution is -0.117. The third-order valence-electron chi connectivity index (χ3n) is 4.60. The van der Waals surface area contributed by atoms with Crippen molar-refractivity contribution in [3.8, 4) is 0 Å². The third kappa shape index (κ3) is 5.99. The van der Waals surface area contributed by atoms with Crippen molar-refractivity contribution in [2.45, 2.75) is 37.8 Å². The van der Waals surface area contributed by atoms with Gasteiger partial charge in [-0.15, -0.1) is 12.4 Å². The molecule has 3 N–H and O–H groups in total. The van der Waals surface area contributed by atoms with Gasteiger partial charge in [0.2, 0.25) is 5.91 Å². The minimum Gasteiger partial charge on any atom is -0.349 e. The van der Waals surface area contributed by atoms with Crippen LogP contribution in [0.3, 0.4) is 0 Å². The van der Waals surface area contributed by atoms with Crippen molar-refractivity contribution in [2.75, 3.05) is 32.0 Å². The van der Waals surface area contributed by atoms with E-state index in [2.05, 4.69) is 20.9 Å². The van der Waals surface area contributed by atoms with Gasteiger partial charge in [0.25, 0.3) is 5.91 Å². The van der Waals surface area contributed by atoms with Crippen LogP contribution in [0.25, 0.3) is 0 Å². The van der Waals surface area contributed by atoms with E-state index in [1.807, 2.05) is 13.1 Å². The first kappa shape index (κ1) is 19.7. The number of hydrogen-bond donors (Lipinski definition) is 3. The van der Waals surface area contributed by atoms with Crippen LogP contribution < -0.4 is 16.0 Å². The summed E-state index contributed by atoms with van der Waals surface area (Å²) >= 11 is 0. The van der Waals surface area contributed by atoms with Gasteiger partial charge in [-0.3, -0.25) is 14.5 Å². The third-order valence-corrected chi connectivity index (χ3v) is 4.60. The van der Waals surface area contributed by atoms with Gasteiger partial charge < -0.3 is 16.0 Å². The monoisotopic (exact) mass is 366 g/mol. The summed E-state index contributed by atoms with van der Waals surface area (Å²) < 4.78 is 0. The topological polar surface area (TPSA) is 73.5 Å². The van der Waals surface area contributed by atoms with E-state index >= 15 is 0 Å². The zero-order valence-electron chi connectivity index (χ0n) is 14.6. The normalized spacial score (nSPS) is 20.4. The molecule has 1 saturated carbocycles. The average molecular weight is 367 g/mol. The average Bonchev–Trinajstić information content (AvgIpc) is 3.39. The number of likely N-dealkylation sites (tertiary alicyclic amines) is 1. The van der Waals surface area contributed by atoms with Crippen LogP contribution in [0.5, 0.6) is 0 Å². The smallest absolute Gasteiger partial charge is 0.251 e. The number of amides is 2. The molecule has 25 heavy (non-hydrogen) atoms. The van der Waals surface area contributed by atoms with Crippen LogP contribution in [0.1, 0.15) is 36.0 Å². The standard InChI is InChI=1S/C18H26N4O2.ClH/c1-19-16-6-3-9-22(11-16)12-17(23)20-15-5-2-4-13(10-15)18(24)21-14-7-8-14;/h2,4-5,10,14,16,19H,3,6-9,11-12H2,1H3,(H,20,23)(H,21,24);1H. The zero-order chi connectivity index (χ0) is 16.9. The number of carbonyl (C=O) groups excluding carboxylic acids is 2. The molecule has 0 radical (unpaired) electrons. The second-order valence-corrected chi connectivity index (χ2v) is 6.74. The Hall–Kier alpha value is -1.63. The number of nitrogens with one attached hydrogen (secondary N) is 3. The summed E-state index contributed by atoms with van der Waals surface area (Å²) in [5.74, 6) is -0.104. The largest absolute Gasteiger partial charge is 0.349 e. The molecule has 1 heterocycles. The molecule has 2 amide bonds. The van der Waals surface area contributed by atoms with Crippen LogP contribution in [0.4, 0.5) is 5.69 Å². The number of benzene rings is 1. The molecule has 1 aliphatic carbocycles. The van der Waals surface area contributed by atoms with E-state index in [0.717, 1.165) is 38.8 Å². The summed E-state index contributed by atoms with van der Waals surface area (Å²) in [5.41, 5.74) is 1.26. The molecule has 7 heteroatoms. The molecular weight excluding hydrogens is 340 g/mol. The van der Waals surface area contributed by atoms with Gasteiger partial charge in [-0.2, -0.15) is 0 Å². The van der Waals surface area contributed by atoms with Crippen molar-refractivity contribution in [2.24, 2.45) is 0 Å². The van der Waals surface area contributed by atoms with E-state index in [4.69, 9.17) is 0 Å². The molecule has 2 aliphatic rings. The quantitative estimate of drug-likeness (QED) is 0.715. The molecule has 0 spiro atoms. The Bertz CT molecular complexity index is 606. The van der Waals surface area contributed by atoms with E-state index in [1.165, 1.54) is 0 Å². The summed E-state index contributed by atoms with van der Waals surface area (Å²) in [6.45, 7) is 2.24. The van der Waals surface area contributed by atoms with Crippen molar-refractivity contribution >= 4 is 29.9 Å². The molecule has 0 bridgehead atoms. The molecule has 1 atom stereocenters. The minimum atomic E-state index is -0.0681. The highest BCUT2D eigenvalue weighted by Crippen LogP contribution is 2.20. The fourth-order valence-electron chi connectivity index (χ4n) is 3.07. The SMILES string of the molecule is CNC1CCCN(CC(=O)Nc2cccc(C(=O)NC3CC3)c2)C1.Cl. The van der Waals surface area contributed by atoms with Crippen LogP contribution in [-0.4, -0.2) is 55.5 Å². The van der Waals surface area contributed by atoms with Crippen LogP contribution in [0.2, 0.25) is 0 Å². The van der Waals surface area contributed by atoms with Gasteiger partial charge in [0.15, 0.2) is 0 Å². The minimum absolute atomic E-state index is 0. The molecule has 6 nitrogen and oxygen atoms in total. The Morgan fingerprint density at radius 2 is 2.00 bits per heavy atom. The van der Waals surface area contributed by atoms with Gasteiger partial charge >= 0.3 is 0 Å². The van der Waals surface area contributed by atoms with Gasteiger partial charge in [0, 0.05) is 29.9 Å². The number of nitrogens with zero attached hydrogens (tertiary/aromatic N) is 1. The van der Waals surface area contributed by atoms with E-state index in [9.17, 15) is 9.59 Å². The van der Waals surface area contributed by atoms with Gasteiger partial charge in [0.05, 0.1) is 6.54 Å². The van der Waals surface area contributed by atoms with Crippen molar-refractivity contribution in [1.29, 1.82) is 0 Å². The molecule has 1 aromatic rings. The summed E-state index contributed by atoms with van der Waals surface area (Å²) in [5, 5.41) is 9.15. The Balaban J connectivity index is 0.00000225. The maximum Gasteiger partial charge on any atom is 0.251 e. The van der Waals surface area contributed by atoms with Crippen molar-refractivity contribution < 1.29 is 9.59 Å². The van der Waals surface area contributed by atoms with Crippen LogP contribution >= 0.6 is 12.4 Å².